The summed E-state index contributed by atoms with van der Waals surface area (Å²) in [5.41, 5.74) is 0.104. The van der Waals surface area contributed by atoms with Gasteiger partial charge in [-0.25, -0.2) is 4.79 Å². The lowest BCUT2D eigenvalue weighted by atomic mass is 10.2. The molecule has 1 rings (SSSR count). The summed E-state index contributed by atoms with van der Waals surface area (Å²) in [4.78, 5) is 22.4. The van der Waals surface area contributed by atoms with Crippen molar-refractivity contribution in [2.45, 2.75) is 26.8 Å². The molecule has 0 fully saturated rings. The number of nitrogens with one attached hydrogen (secondary N) is 1. The van der Waals surface area contributed by atoms with Gasteiger partial charge in [0.2, 0.25) is 0 Å². The summed E-state index contributed by atoms with van der Waals surface area (Å²) in [6, 6.07) is 4.30. The lowest BCUT2D eigenvalue weighted by Crippen LogP contribution is -2.34. The minimum absolute atomic E-state index is 0.0341. The van der Waals surface area contributed by atoms with Crippen LogP contribution in [0.4, 0.5) is 0 Å². The van der Waals surface area contributed by atoms with Gasteiger partial charge in [0.1, 0.15) is 0 Å². The van der Waals surface area contributed by atoms with Crippen molar-refractivity contribution in [2.75, 3.05) is 13.2 Å². The van der Waals surface area contributed by atoms with Crippen LogP contribution in [0.25, 0.3) is 0 Å². The fourth-order valence-corrected chi connectivity index (χ4v) is 1.54. The number of carboxylic acids is 1. The average Bonchev–Trinajstić information content (AvgIpc) is 2.36. The zero-order valence-corrected chi connectivity index (χ0v) is 11.8. The zero-order chi connectivity index (χ0) is 15.1. The van der Waals surface area contributed by atoms with Crippen LogP contribution in [0.1, 0.15) is 31.1 Å². The number of carbonyl (C=O) groups is 2. The van der Waals surface area contributed by atoms with Gasteiger partial charge < -0.3 is 19.9 Å². The molecule has 0 spiro atoms. The molecule has 110 valence electrons. The van der Waals surface area contributed by atoms with E-state index < -0.39 is 5.97 Å². The van der Waals surface area contributed by atoms with E-state index in [4.69, 9.17) is 14.6 Å². The van der Waals surface area contributed by atoms with Crippen molar-refractivity contribution in [3.05, 3.63) is 23.8 Å². The number of rotatable bonds is 7. The summed E-state index contributed by atoms with van der Waals surface area (Å²) in [6.45, 7) is 5.71. The molecule has 0 saturated carbocycles. The molecule has 0 aromatic heterocycles. The highest BCUT2D eigenvalue weighted by atomic mass is 16.5. The topological polar surface area (TPSA) is 84.9 Å². The third-order valence-electron chi connectivity index (χ3n) is 2.30. The Hall–Kier alpha value is -2.24. The summed E-state index contributed by atoms with van der Waals surface area (Å²) < 4.78 is 10.7. The highest BCUT2D eigenvalue weighted by molar-refractivity contribution is 5.88. The average molecular weight is 281 g/mol. The first-order valence-corrected chi connectivity index (χ1v) is 6.36. The first-order chi connectivity index (χ1) is 9.43. The highest BCUT2D eigenvalue weighted by Crippen LogP contribution is 2.28. The maximum Gasteiger partial charge on any atom is 0.335 e. The summed E-state index contributed by atoms with van der Waals surface area (Å²) in [7, 11) is 0. The fourth-order valence-electron chi connectivity index (χ4n) is 1.54. The fraction of sp³-hybridized carbons (Fsp3) is 0.429. The number of amides is 1. The Bertz CT molecular complexity index is 484. The number of ether oxygens (including phenoxy) is 2. The number of carbonyl (C=O) groups excluding carboxylic acids is 1. The molecule has 0 radical (unpaired) electrons. The Morgan fingerprint density at radius 3 is 2.50 bits per heavy atom. The molecule has 0 bridgehead atoms. The van der Waals surface area contributed by atoms with Gasteiger partial charge in [0.05, 0.1) is 12.2 Å². The van der Waals surface area contributed by atoms with E-state index in [1.807, 2.05) is 13.8 Å². The molecular weight excluding hydrogens is 262 g/mol. The Labute approximate surface area is 117 Å². The summed E-state index contributed by atoms with van der Waals surface area (Å²) in [6.07, 6.45) is 0. The van der Waals surface area contributed by atoms with E-state index in [9.17, 15) is 9.59 Å². The molecule has 0 atom stereocenters. The quantitative estimate of drug-likeness (QED) is 0.794. The zero-order valence-electron chi connectivity index (χ0n) is 11.8. The van der Waals surface area contributed by atoms with Crippen LogP contribution in [-0.2, 0) is 4.79 Å². The van der Waals surface area contributed by atoms with Crippen LogP contribution >= 0.6 is 0 Å². The molecule has 0 saturated heterocycles. The number of hydrogen-bond donors (Lipinski definition) is 2. The minimum Gasteiger partial charge on any atom is -0.490 e. The van der Waals surface area contributed by atoms with Crippen molar-refractivity contribution in [3.63, 3.8) is 0 Å². The first kappa shape index (κ1) is 15.8. The van der Waals surface area contributed by atoms with Gasteiger partial charge in [-0.15, -0.1) is 0 Å². The molecule has 1 aromatic rings. The smallest absolute Gasteiger partial charge is 0.335 e. The number of carboxylic acid groups (broad SMARTS) is 1. The molecule has 0 unspecified atom stereocenters. The van der Waals surface area contributed by atoms with E-state index in [0.29, 0.717) is 18.1 Å². The molecule has 6 nitrogen and oxygen atoms in total. The molecule has 0 aliphatic heterocycles. The second-order valence-electron chi connectivity index (χ2n) is 4.41. The van der Waals surface area contributed by atoms with Gasteiger partial charge in [-0.05, 0) is 39.0 Å². The van der Waals surface area contributed by atoms with Crippen LogP contribution in [0.5, 0.6) is 11.5 Å². The second kappa shape index (κ2) is 7.37. The molecule has 1 aromatic carbocycles. The standard InChI is InChI=1S/C14H19NO5/c1-4-19-12-7-10(14(17)18)5-6-11(12)20-8-13(16)15-9(2)3/h5-7,9H,4,8H2,1-3H3,(H,15,16)(H,17,18). The van der Waals surface area contributed by atoms with Crippen molar-refractivity contribution in [1.82, 2.24) is 5.32 Å². The monoisotopic (exact) mass is 281 g/mol. The first-order valence-electron chi connectivity index (χ1n) is 6.36. The molecule has 20 heavy (non-hydrogen) atoms. The molecule has 0 aliphatic rings. The predicted molar refractivity (Wildman–Crippen MR) is 73.3 cm³/mol. The molecule has 0 aliphatic carbocycles. The molecule has 6 heteroatoms. The van der Waals surface area contributed by atoms with Crippen molar-refractivity contribution in [2.24, 2.45) is 0 Å². The normalized spacial score (nSPS) is 10.2. The Kier molecular flexibility index (Phi) is 5.83. The van der Waals surface area contributed by atoms with Crippen LogP contribution in [0.15, 0.2) is 18.2 Å². The van der Waals surface area contributed by atoms with E-state index in [1.165, 1.54) is 18.2 Å². The lowest BCUT2D eigenvalue weighted by Gasteiger charge is -2.13. The van der Waals surface area contributed by atoms with Gasteiger partial charge >= 0.3 is 5.97 Å². The van der Waals surface area contributed by atoms with E-state index >= 15 is 0 Å². The van der Waals surface area contributed by atoms with Crippen LogP contribution < -0.4 is 14.8 Å². The van der Waals surface area contributed by atoms with Gasteiger partial charge in [0.25, 0.3) is 5.91 Å². The third-order valence-corrected chi connectivity index (χ3v) is 2.30. The minimum atomic E-state index is -1.05. The maximum absolute atomic E-state index is 11.5. The molecule has 1 amide bonds. The second-order valence-corrected chi connectivity index (χ2v) is 4.41. The van der Waals surface area contributed by atoms with Crippen molar-refractivity contribution in [1.29, 1.82) is 0 Å². The number of hydrogen-bond acceptors (Lipinski definition) is 4. The number of aromatic carboxylic acids is 1. The van der Waals surface area contributed by atoms with E-state index in [1.54, 1.807) is 6.92 Å². The summed E-state index contributed by atoms with van der Waals surface area (Å²) >= 11 is 0. The lowest BCUT2D eigenvalue weighted by molar-refractivity contribution is -0.123. The van der Waals surface area contributed by atoms with Crippen molar-refractivity contribution >= 4 is 11.9 Å². The largest absolute Gasteiger partial charge is 0.490 e. The van der Waals surface area contributed by atoms with Crippen LogP contribution in [0.3, 0.4) is 0 Å². The van der Waals surface area contributed by atoms with Gasteiger partial charge in [0.15, 0.2) is 18.1 Å². The molecular formula is C14H19NO5. The van der Waals surface area contributed by atoms with E-state index in [0.717, 1.165) is 0 Å². The van der Waals surface area contributed by atoms with Crippen LogP contribution in [0, 0.1) is 0 Å². The van der Waals surface area contributed by atoms with Crippen LogP contribution in [-0.4, -0.2) is 36.2 Å². The van der Waals surface area contributed by atoms with Crippen molar-refractivity contribution in [3.8, 4) is 11.5 Å². The maximum atomic E-state index is 11.5. The summed E-state index contributed by atoms with van der Waals surface area (Å²) in [5, 5.41) is 11.6. The highest BCUT2D eigenvalue weighted by Gasteiger charge is 2.12. The molecule has 0 heterocycles. The molecule has 2 N–H and O–H groups in total. The van der Waals surface area contributed by atoms with Gasteiger partial charge in [-0.2, -0.15) is 0 Å². The van der Waals surface area contributed by atoms with E-state index in [-0.39, 0.29) is 24.1 Å². The Morgan fingerprint density at radius 1 is 1.25 bits per heavy atom. The Balaban J connectivity index is 2.78. The predicted octanol–water partition coefficient (Wildman–Crippen LogP) is 1.69. The van der Waals surface area contributed by atoms with Gasteiger partial charge in [0, 0.05) is 6.04 Å². The number of benzene rings is 1. The van der Waals surface area contributed by atoms with Gasteiger partial charge in [-0.1, -0.05) is 0 Å². The van der Waals surface area contributed by atoms with Crippen molar-refractivity contribution < 1.29 is 24.2 Å². The SMILES string of the molecule is CCOc1cc(C(=O)O)ccc1OCC(=O)NC(C)C. The van der Waals surface area contributed by atoms with E-state index in [2.05, 4.69) is 5.32 Å². The van der Waals surface area contributed by atoms with Gasteiger partial charge in [-0.3, -0.25) is 4.79 Å². The summed E-state index contributed by atoms with van der Waals surface area (Å²) in [5.74, 6) is -0.639. The third kappa shape index (κ3) is 4.79. The Morgan fingerprint density at radius 2 is 1.95 bits per heavy atom. The van der Waals surface area contributed by atoms with Crippen LogP contribution in [0.2, 0.25) is 0 Å².